The summed E-state index contributed by atoms with van der Waals surface area (Å²) < 4.78 is 68.5. The van der Waals surface area contributed by atoms with Gasteiger partial charge in [0.05, 0.1) is 6.61 Å². The van der Waals surface area contributed by atoms with Crippen molar-refractivity contribution in [1.29, 1.82) is 0 Å². The molecule has 4 aromatic rings. The molecule has 0 N–H and O–H groups in total. The van der Waals surface area contributed by atoms with Crippen molar-refractivity contribution in [2.24, 2.45) is 0 Å². The fraction of sp³-hybridized carbons (Fsp3) is 0.143. The van der Waals surface area contributed by atoms with Gasteiger partial charge in [0.25, 0.3) is 0 Å². The molecule has 0 saturated carbocycles. The summed E-state index contributed by atoms with van der Waals surface area (Å²) in [5.41, 5.74) is 2.37. The average Bonchev–Trinajstić information content (AvgIpc) is 2.84. The Morgan fingerprint density at radius 2 is 1.15 bits per heavy atom. The van der Waals surface area contributed by atoms with Gasteiger partial charge in [-0.2, -0.15) is 4.39 Å². The number of benzene rings is 4. The van der Waals surface area contributed by atoms with Gasteiger partial charge in [0.15, 0.2) is 23.2 Å². The monoisotopic (exact) mass is 466 g/mol. The summed E-state index contributed by atoms with van der Waals surface area (Å²) >= 11 is 0. The van der Waals surface area contributed by atoms with Crippen LogP contribution in [0.1, 0.15) is 18.1 Å². The lowest BCUT2D eigenvalue weighted by Gasteiger charge is -2.12. The number of halogens is 4. The van der Waals surface area contributed by atoms with Crippen LogP contribution in [0.5, 0.6) is 11.5 Å². The Morgan fingerprint density at radius 3 is 1.76 bits per heavy atom. The molecular weight excluding hydrogens is 444 g/mol. The summed E-state index contributed by atoms with van der Waals surface area (Å²) in [6, 6.07) is 19.2. The number of hydrogen-bond donors (Lipinski definition) is 0. The molecule has 0 bridgehead atoms. The second-order valence-corrected chi connectivity index (χ2v) is 7.75. The van der Waals surface area contributed by atoms with Crippen LogP contribution in [0.3, 0.4) is 0 Å². The van der Waals surface area contributed by atoms with E-state index in [2.05, 4.69) is 0 Å². The lowest BCUT2D eigenvalue weighted by atomic mass is 10.0. The van der Waals surface area contributed by atoms with Gasteiger partial charge in [0.1, 0.15) is 12.4 Å². The molecular formula is C28H22F4O2. The third-order valence-corrected chi connectivity index (χ3v) is 5.43. The average molecular weight is 466 g/mol. The quantitative estimate of drug-likeness (QED) is 0.258. The molecule has 6 heteroatoms. The van der Waals surface area contributed by atoms with Crippen molar-refractivity contribution in [2.45, 2.75) is 20.5 Å². The van der Waals surface area contributed by atoms with Gasteiger partial charge in [0.2, 0.25) is 5.82 Å². The van der Waals surface area contributed by atoms with Crippen LogP contribution in [0, 0.1) is 30.2 Å². The van der Waals surface area contributed by atoms with Crippen LogP contribution >= 0.6 is 0 Å². The molecule has 0 aliphatic heterocycles. The highest BCUT2D eigenvalue weighted by Gasteiger charge is 2.17. The van der Waals surface area contributed by atoms with Crippen molar-refractivity contribution < 1.29 is 27.0 Å². The zero-order chi connectivity index (χ0) is 24.2. The molecule has 0 fully saturated rings. The van der Waals surface area contributed by atoms with Gasteiger partial charge in [-0.05, 0) is 49.2 Å². The highest BCUT2D eigenvalue weighted by atomic mass is 19.2. The molecule has 34 heavy (non-hydrogen) atoms. The highest BCUT2D eigenvalue weighted by Crippen LogP contribution is 2.31. The molecule has 0 aliphatic rings. The first kappa shape index (κ1) is 23.4. The van der Waals surface area contributed by atoms with E-state index < -0.39 is 23.3 Å². The first-order valence-corrected chi connectivity index (χ1v) is 10.8. The first-order valence-electron chi connectivity index (χ1n) is 10.8. The van der Waals surface area contributed by atoms with Gasteiger partial charge in [-0.3, -0.25) is 0 Å². The van der Waals surface area contributed by atoms with Crippen molar-refractivity contribution in [3.8, 4) is 33.8 Å². The molecule has 0 heterocycles. The third kappa shape index (κ3) is 4.76. The molecule has 0 aromatic heterocycles. The normalized spacial score (nSPS) is 10.9. The van der Waals surface area contributed by atoms with E-state index in [4.69, 9.17) is 9.47 Å². The van der Waals surface area contributed by atoms with E-state index in [1.54, 1.807) is 43.3 Å². The van der Waals surface area contributed by atoms with Crippen molar-refractivity contribution in [1.82, 2.24) is 0 Å². The van der Waals surface area contributed by atoms with E-state index in [0.29, 0.717) is 16.9 Å². The van der Waals surface area contributed by atoms with E-state index in [-0.39, 0.29) is 35.7 Å². The minimum Gasteiger partial charge on any atom is -0.491 e. The van der Waals surface area contributed by atoms with Crippen LogP contribution in [-0.4, -0.2) is 6.61 Å². The summed E-state index contributed by atoms with van der Waals surface area (Å²) in [6.45, 7) is 3.63. The molecule has 4 aromatic carbocycles. The molecule has 2 nitrogen and oxygen atoms in total. The summed E-state index contributed by atoms with van der Waals surface area (Å²) in [7, 11) is 0. The molecule has 0 radical (unpaired) electrons. The highest BCUT2D eigenvalue weighted by molar-refractivity contribution is 5.66. The van der Waals surface area contributed by atoms with Crippen molar-refractivity contribution in [2.75, 3.05) is 6.61 Å². The molecule has 4 rings (SSSR count). The van der Waals surface area contributed by atoms with Gasteiger partial charge in [-0.25, -0.2) is 13.2 Å². The third-order valence-electron chi connectivity index (χ3n) is 5.43. The molecule has 174 valence electrons. The number of rotatable bonds is 7. The Morgan fingerprint density at radius 1 is 0.588 bits per heavy atom. The summed E-state index contributed by atoms with van der Waals surface area (Å²) in [4.78, 5) is 0. The van der Waals surface area contributed by atoms with Gasteiger partial charge in [-0.1, -0.05) is 54.1 Å². The van der Waals surface area contributed by atoms with Gasteiger partial charge >= 0.3 is 0 Å². The minimum absolute atomic E-state index is 0.0667. The summed E-state index contributed by atoms with van der Waals surface area (Å²) in [5.74, 6) is -3.74. The maximum atomic E-state index is 14.7. The smallest absolute Gasteiger partial charge is 0.201 e. The molecule has 0 amide bonds. The predicted octanol–water partition coefficient (Wildman–Crippen LogP) is 7.86. The Kier molecular flexibility index (Phi) is 6.87. The lowest BCUT2D eigenvalue weighted by Crippen LogP contribution is -2.02. The molecule has 0 aliphatic carbocycles. The standard InChI is InChI=1S/C28H22F4O2/c1-3-33-24-15-14-23(27(31)28(24)32)19-8-11-21(12-9-19)34-16-20-10-13-22(26(30)25(20)29)18-6-4-17(2)5-7-18/h4-15H,3,16H2,1-2H3. The molecule has 0 atom stereocenters. The fourth-order valence-corrected chi connectivity index (χ4v) is 3.57. The Labute approximate surface area is 195 Å². The Balaban J connectivity index is 1.48. The second-order valence-electron chi connectivity index (χ2n) is 7.75. The largest absolute Gasteiger partial charge is 0.491 e. The maximum absolute atomic E-state index is 14.7. The maximum Gasteiger partial charge on any atom is 0.201 e. The van der Waals surface area contributed by atoms with Crippen LogP contribution in [0.4, 0.5) is 17.6 Å². The van der Waals surface area contributed by atoms with Gasteiger partial charge < -0.3 is 9.47 Å². The van der Waals surface area contributed by atoms with Crippen LogP contribution in [0.25, 0.3) is 22.3 Å². The summed E-state index contributed by atoms with van der Waals surface area (Å²) in [5, 5.41) is 0. The fourth-order valence-electron chi connectivity index (χ4n) is 3.57. The van der Waals surface area contributed by atoms with Crippen LogP contribution < -0.4 is 9.47 Å². The van der Waals surface area contributed by atoms with Crippen molar-refractivity contribution in [3.63, 3.8) is 0 Å². The SMILES string of the molecule is CCOc1ccc(-c2ccc(OCc3ccc(-c4ccc(C)cc4)c(F)c3F)cc2)c(F)c1F. The number of aryl methyl sites for hydroxylation is 1. The Hall–Kier alpha value is -3.80. The molecule has 0 saturated heterocycles. The second kappa shape index (κ2) is 10.00. The van der Waals surface area contributed by atoms with E-state index in [1.807, 2.05) is 19.1 Å². The van der Waals surface area contributed by atoms with E-state index in [1.165, 1.54) is 24.3 Å². The summed E-state index contributed by atoms with van der Waals surface area (Å²) in [6.07, 6.45) is 0. The van der Waals surface area contributed by atoms with Crippen LogP contribution in [0.2, 0.25) is 0 Å². The number of hydrogen-bond acceptors (Lipinski definition) is 2. The molecule has 0 spiro atoms. The van der Waals surface area contributed by atoms with Gasteiger partial charge in [0, 0.05) is 16.7 Å². The molecule has 0 unspecified atom stereocenters. The minimum atomic E-state index is -1.05. The first-order chi connectivity index (χ1) is 16.4. The van der Waals surface area contributed by atoms with Gasteiger partial charge in [-0.15, -0.1) is 0 Å². The van der Waals surface area contributed by atoms with E-state index in [0.717, 1.165) is 5.56 Å². The van der Waals surface area contributed by atoms with Crippen LogP contribution in [-0.2, 0) is 6.61 Å². The predicted molar refractivity (Wildman–Crippen MR) is 124 cm³/mol. The van der Waals surface area contributed by atoms with Crippen molar-refractivity contribution in [3.05, 3.63) is 107 Å². The van der Waals surface area contributed by atoms with Crippen LogP contribution in [0.15, 0.2) is 72.8 Å². The van der Waals surface area contributed by atoms with E-state index in [9.17, 15) is 17.6 Å². The zero-order valence-corrected chi connectivity index (χ0v) is 18.7. The lowest BCUT2D eigenvalue weighted by molar-refractivity contribution is 0.297. The van der Waals surface area contributed by atoms with Crippen molar-refractivity contribution >= 4 is 0 Å². The zero-order valence-electron chi connectivity index (χ0n) is 18.7. The number of ether oxygens (including phenoxy) is 2. The van der Waals surface area contributed by atoms with E-state index >= 15 is 0 Å². The topological polar surface area (TPSA) is 18.5 Å². The Bertz CT molecular complexity index is 1300.